The topological polar surface area (TPSA) is 59.9 Å². The molecule has 0 heterocycles. The van der Waals surface area contributed by atoms with E-state index < -0.39 is 0 Å². The fourth-order valence-corrected chi connectivity index (χ4v) is 2.15. The molecule has 2 aromatic rings. The number of para-hydroxylation sites is 1. The Kier molecular flexibility index (Phi) is 6.37. The summed E-state index contributed by atoms with van der Waals surface area (Å²) in [5.74, 6) is 1.05. The lowest BCUT2D eigenvalue weighted by Crippen LogP contribution is -2.25. The highest BCUT2D eigenvalue weighted by atomic mass is 16.5. The van der Waals surface area contributed by atoms with Crippen LogP contribution in [0.4, 0.5) is 0 Å². The van der Waals surface area contributed by atoms with Gasteiger partial charge in [0.15, 0.2) is 6.61 Å². The summed E-state index contributed by atoms with van der Waals surface area (Å²) < 4.78 is 10.7. The Bertz CT molecular complexity index is 709. The number of carbonyl (C=O) groups excluding carboxylic acids is 1. The molecule has 2 rings (SSSR count). The van der Waals surface area contributed by atoms with Crippen molar-refractivity contribution < 1.29 is 14.3 Å². The van der Waals surface area contributed by atoms with Crippen LogP contribution in [0.25, 0.3) is 0 Å². The van der Waals surface area contributed by atoms with Gasteiger partial charge in [0.2, 0.25) is 0 Å². The molecule has 0 saturated carbocycles. The molecule has 0 atom stereocenters. The molecule has 0 radical (unpaired) electrons. The van der Waals surface area contributed by atoms with Crippen LogP contribution in [-0.4, -0.2) is 25.3 Å². The van der Waals surface area contributed by atoms with E-state index in [-0.39, 0.29) is 12.5 Å². The molecule has 1 N–H and O–H groups in total. The highest BCUT2D eigenvalue weighted by Crippen LogP contribution is 2.17. The van der Waals surface area contributed by atoms with Gasteiger partial charge in [0.25, 0.3) is 5.91 Å². The second kappa shape index (κ2) is 8.72. The lowest BCUT2D eigenvalue weighted by Gasteiger charge is -2.08. The van der Waals surface area contributed by atoms with Crippen molar-refractivity contribution in [2.24, 2.45) is 5.10 Å². The molecule has 5 heteroatoms. The van der Waals surface area contributed by atoms with Crippen LogP contribution in [0.3, 0.4) is 0 Å². The summed E-state index contributed by atoms with van der Waals surface area (Å²) in [5.41, 5.74) is 5.21. The van der Waals surface area contributed by atoms with Crippen LogP contribution in [-0.2, 0) is 11.2 Å². The second-order valence-electron chi connectivity index (χ2n) is 5.22. The minimum atomic E-state index is -0.316. The zero-order chi connectivity index (χ0) is 17.4. The van der Waals surface area contributed by atoms with Gasteiger partial charge in [0.1, 0.15) is 11.5 Å². The number of amides is 1. The summed E-state index contributed by atoms with van der Waals surface area (Å²) in [6.07, 6.45) is 0.970. The zero-order valence-corrected chi connectivity index (χ0v) is 14.2. The van der Waals surface area contributed by atoms with E-state index in [1.54, 1.807) is 7.11 Å². The van der Waals surface area contributed by atoms with E-state index in [2.05, 4.69) is 17.5 Å². The van der Waals surface area contributed by atoms with Gasteiger partial charge >= 0.3 is 0 Å². The third kappa shape index (κ3) is 4.84. The van der Waals surface area contributed by atoms with Crippen molar-refractivity contribution in [2.45, 2.75) is 20.3 Å². The number of hydrogen-bond donors (Lipinski definition) is 1. The minimum absolute atomic E-state index is 0.0891. The van der Waals surface area contributed by atoms with Gasteiger partial charge in [-0.25, -0.2) is 5.43 Å². The Balaban J connectivity index is 1.89. The molecular formula is C19H22N2O3. The maximum atomic E-state index is 11.9. The van der Waals surface area contributed by atoms with Crippen LogP contribution in [0, 0.1) is 0 Å². The van der Waals surface area contributed by atoms with E-state index in [9.17, 15) is 4.79 Å². The fraction of sp³-hybridized carbons (Fsp3) is 0.263. The van der Waals surface area contributed by atoms with Crippen LogP contribution in [0.15, 0.2) is 53.6 Å². The molecule has 0 bridgehead atoms. The van der Waals surface area contributed by atoms with E-state index in [4.69, 9.17) is 9.47 Å². The van der Waals surface area contributed by atoms with Crippen LogP contribution in [0.2, 0.25) is 0 Å². The number of nitrogens with zero attached hydrogens (tertiary/aromatic N) is 1. The Labute approximate surface area is 142 Å². The lowest BCUT2D eigenvalue weighted by atomic mass is 10.1. The summed E-state index contributed by atoms with van der Waals surface area (Å²) in [4.78, 5) is 11.9. The number of hydrogen-bond acceptors (Lipinski definition) is 4. The Hall–Kier alpha value is -2.82. The molecular weight excluding hydrogens is 304 g/mol. The average Bonchev–Trinajstić information content (AvgIpc) is 2.64. The van der Waals surface area contributed by atoms with Crippen molar-refractivity contribution in [1.82, 2.24) is 5.43 Å². The quantitative estimate of drug-likeness (QED) is 0.628. The van der Waals surface area contributed by atoms with E-state index in [0.717, 1.165) is 12.0 Å². The summed E-state index contributed by atoms with van der Waals surface area (Å²) in [5, 5.41) is 4.10. The van der Waals surface area contributed by atoms with Gasteiger partial charge in [-0.3, -0.25) is 4.79 Å². The minimum Gasteiger partial charge on any atom is -0.496 e. The molecule has 5 nitrogen and oxygen atoms in total. The predicted octanol–water partition coefficient (Wildman–Crippen LogP) is 3.18. The van der Waals surface area contributed by atoms with Crippen LogP contribution < -0.4 is 14.9 Å². The smallest absolute Gasteiger partial charge is 0.277 e. The number of aryl methyl sites for hydroxylation is 1. The van der Waals surface area contributed by atoms with Crippen LogP contribution >= 0.6 is 0 Å². The van der Waals surface area contributed by atoms with Gasteiger partial charge in [0, 0.05) is 5.56 Å². The molecule has 0 aromatic heterocycles. The zero-order valence-electron chi connectivity index (χ0n) is 14.2. The first-order valence-corrected chi connectivity index (χ1v) is 7.82. The van der Waals surface area contributed by atoms with E-state index >= 15 is 0 Å². The molecule has 2 aromatic carbocycles. The molecule has 1 amide bonds. The third-order valence-electron chi connectivity index (χ3n) is 3.55. The molecule has 24 heavy (non-hydrogen) atoms. The van der Waals surface area contributed by atoms with E-state index in [0.29, 0.717) is 17.2 Å². The van der Waals surface area contributed by atoms with Crippen molar-refractivity contribution in [3.05, 3.63) is 59.7 Å². The molecule has 0 aliphatic rings. The van der Waals surface area contributed by atoms with E-state index in [1.807, 2.05) is 55.5 Å². The molecule has 0 aliphatic heterocycles. The Morgan fingerprint density at radius 3 is 2.50 bits per heavy atom. The maximum Gasteiger partial charge on any atom is 0.277 e. The van der Waals surface area contributed by atoms with Gasteiger partial charge in [-0.1, -0.05) is 31.2 Å². The number of benzene rings is 2. The summed E-state index contributed by atoms with van der Waals surface area (Å²) in [6, 6.07) is 15.2. The lowest BCUT2D eigenvalue weighted by molar-refractivity contribution is -0.123. The number of hydrazone groups is 1. The maximum absolute atomic E-state index is 11.9. The normalized spacial score (nSPS) is 11.0. The van der Waals surface area contributed by atoms with E-state index in [1.165, 1.54) is 5.56 Å². The first-order valence-electron chi connectivity index (χ1n) is 7.82. The average molecular weight is 326 g/mol. The molecule has 0 fully saturated rings. The van der Waals surface area contributed by atoms with Crippen LogP contribution in [0.1, 0.15) is 25.0 Å². The van der Waals surface area contributed by atoms with Crippen molar-refractivity contribution in [2.75, 3.05) is 13.7 Å². The molecule has 126 valence electrons. The number of rotatable bonds is 7. The van der Waals surface area contributed by atoms with Gasteiger partial charge in [0.05, 0.1) is 12.8 Å². The molecule has 0 unspecified atom stereocenters. The SMILES string of the molecule is CCc1ccc(OCC(=O)N/N=C(/C)c2ccccc2OC)cc1. The highest BCUT2D eigenvalue weighted by Gasteiger charge is 2.06. The number of carbonyl (C=O) groups is 1. The number of methoxy groups -OCH3 is 1. The van der Waals surface area contributed by atoms with Crippen molar-refractivity contribution >= 4 is 11.6 Å². The summed E-state index contributed by atoms with van der Waals surface area (Å²) >= 11 is 0. The first kappa shape index (κ1) is 17.5. The second-order valence-corrected chi connectivity index (χ2v) is 5.22. The summed E-state index contributed by atoms with van der Waals surface area (Å²) in [7, 11) is 1.60. The highest BCUT2D eigenvalue weighted by molar-refractivity contribution is 6.01. The van der Waals surface area contributed by atoms with Crippen molar-refractivity contribution in [3.63, 3.8) is 0 Å². The molecule has 0 spiro atoms. The van der Waals surface area contributed by atoms with Crippen LogP contribution in [0.5, 0.6) is 11.5 Å². The van der Waals surface area contributed by atoms with Gasteiger partial charge in [-0.2, -0.15) is 5.10 Å². The monoisotopic (exact) mass is 326 g/mol. The van der Waals surface area contributed by atoms with Gasteiger partial charge in [-0.05, 0) is 43.2 Å². The first-order chi connectivity index (χ1) is 11.6. The largest absolute Gasteiger partial charge is 0.496 e. The predicted molar refractivity (Wildman–Crippen MR) is 94.7 cm³/mol. The Morgan fingerprint density at radius 1 is 1.12 bits per heavy atom. The fourth-order valence-electron chi connectivity index (χ4n) is 2.15. The van der Waals surface area contributed by atoms with Gasteiger partial charge < -0.3 is 9.47 Å². The number of ether oxygens (including phenoxy) is 2. The molecule has 0 aliphatic carbocycles. The third-order valence-corrected chi connectivity index (χ3v) is 3.55. The van der Waals surface area contributed by atoms with Crippen molar-refractivity contribution in [3.8, 4) is 11.5 Å². The summed E-state index contributed by atoms with van der Waals surface area (Å²) in [6.45, 7) is 3.81. The molecule has 0 saturated heterocycles. The van der Waals surface area contributed by atoms with Crippen molar-refractivity contribution in [1.29, 1.82) is 0 Å². The number of nitrogens with one attached hydrogen (secondary N) is 1. The van der Waals surface area contributed by atoms with Gasteiger partial charge in [-0.15, -0.1) is 0 Å². The Morgan fingerprint density at radius 2 is 1.83 bits per heavy atom. The standard InChI is InChI=1S/C19H22N2O3/c1-4-15-9-11-16(12-10-15)24-13-19(22)21-20-14(2)17-7-5-6-8-18(17)23-3/h5-12H,4,13H2,1-3H3,(H,21,22)/b20-14-.